The Morgan fingerprint density at radius 2 is 1.89 bits per heavy atom. The molecule has 1 saturated carbocycles. The van der Waals surface area contributed by atoms with Crippen molar-refractivity contribution >= 4 is 15.9 Å². The van der Waals surface area contributed by atoms with Crippen LogP contribution < -0.4 is 4.72 Å². The van der Waals surface area contributed by atoms with E-state index >= 15 is 0 Å². The van der Waals surface area contributed by atoms with Gasteiger partial charge in [0.2, 0.25) is 15.9 Å². The second-order valence-corrected chi connectivity index (χ2v) is 7.90. The van der Waals surface area contributed by atoms with Crippen LogP contribution in [0.4, 0.5) is 0 Å². The molecule has 0 aromatic heterocycles. The zero-order valence-corrected chi connectivity index (χ0v) is 12.3. The Kier molecular flexibility index (Phi) is 4.50. The van der Waals surface area contributed by atoms with Crippen LogP contribution in [0.3, 0.4) is 0 Å². The van der Waals surface area contributed by atoms with E-state index in [0.29, 0.717) is 13.0 Å². The van der Waals surface area contributed by atoms with Crippen molar-refractivity contribution in [1.82, 2.24) is 4.72 Å². The van der Waals surface area contributed by atoms with E-state index in [-0.39, 0.29) is 12.5 Å². The lowest BCUT2D eigenvalue weighted by atomic mass is 9.75. The van der Waals surface area contributed by atoms with E-state index in [0.717, 1.165) is 38.5 Å². The highest BCUT2D eigenvalue weighted by Gasteiger charge is 2.38. The standard InChI is InChI=1S/C13H23NO4S/c1-13(7-3-2-4-8-13)12(15)14-19(16,17)11-6-5-9-18-10-11/h11H,2-10H2,1H3,(H,14,15). The van der Waals surface area contributed by atoms with E-state index in [9.17, 15) is 13.2 Å². The molecule has 0 radical (unpaired) electrons. The van der Waals surface area contributed by atoms with Crippen molar-refractivity contribution in [3.05, 3.63) is 0 Å². The number of hydrogen-bond acceptors (Lipinski definition) is 4. The van der Waals surface area contributed by atoms with Crippen molar-refractivity contribution in [3.63, 3.8) is 0 Å². The molecule has 0 spiro atoms. The van der Waals surface area contributed by atoms with Gasteiger partial charge in [0.05, 0.1) is 6.61 Å². The van der Waals surface area contributed by atoms with Crippen molar-refractivity contribution < 1.29 is 17.9 Å². The summed E-state index contributed by atoms with van der Waals surface area (Å²) in [6.07, 6.45) is 5.97. The second-order valence-electron chi connectivity index (χ2n) is 5.94. The van der Waals surface area contributed by atoms with Crippen LogP contribution in [0, 0.1) is 5.41 Å². The molecule has 2 aliphatic rings. The van der Waals surface area contributed by atoms with Gasteiger partial charge in [0.1, 0.15) is 5.25 Å². The van der Waals surface area contributed by atoms with Gasteiger partial charge in [-0.15, -0.1) is 0 Å². The summed E-state index contributed by atoms with van der Waals surface area (Å²) in [5.41, 5.74) is -0.527. The Bertz CT molecular complexity index is 420. The van der Waals surface area contributed by atoms with Gasteiger partial charge in [0.15, 0.2) is 0 Å². The van der Waals surface area contributed by atoms with E-state index in [2.05, 4.69) is 4.72 Å². The second kappa shape index (κ2) is 5.79. The SMILES string of the molecule is CC1(C(=O)NS(=O)(=O)C2CCCOC2)CCCCC1. The first-order valence-corrected chi connectivity index (χ1v) is 8.62. The smallest absolute Gasteiger partial charge is 0.240 e. The number of ether oxygens (including phenoxy) is 1. The summed E-state index contributed by atoms with van der Waals surface area (Å²) in [6, 6.07) is 0. The van der Waals surface area contributed by atoms with Crippen LogP contribution in [0.25, 0.3) is 0 Å². The number of amides is 1. The molecule has 6 heteroatoms. The Morgan fingerprint density at radius 3 is 2.47 bits per heavy atom. The molecule has 1 amide bonds. The van der Waals surface area contributed by atoms with Gasteiger partial charge in [0, 0.05) is 12.0 Å². The topological polar surface area (TPSA) is 72.5 Å². The average Bonchev–Trinajstić information content (AvgIpc) is 2.40. The Morgan fingerprint density at radius 1 is 1.21 bits per heavy atom. The maximum Gasteiger partial charge on any atom is 0.240 e. The highest BCUT2D eigenvalue weighted by atomic mass is 32.2. The van der Waals surface area contributed by atoms with Gasteiger partial charge < -0.3 is 4.74 Å². The Balaban J connectivity index is 2.00. The van der Waals surface area contributed by atoms with Crippen molar-refractivity contribution in [1.29, 1.82) is 0 Å². The quantitative estimate of drug-likeness (QED) is 0.856. The first-order chi connectivity index (χ1) is 8.94. The summed E-state index contributed by atoms with van der Waals surface area (Å²) in [6.45, 7) is 2.67. The monoisotopic (exact) mass is 289 g/mol. The lowest BCUT2D eigenvalue weighted by Crippen LogP contribution is -2.48. The third-order valence-corrected chi connectivity index (χ3v) is 6.02. The summed E-state index contributed by atoms with van der Waals surface area (Å²) >= 11 is 0. The number of carbonyl (C=O) groups excluding carboxylic acids is 1. The maximum atomic E-state index is 12.2. The minimum absolute atomic E-state index is 0.194. The minimum atomic E-state index is -3.59. The van der Waals surface area contributed by atoms with Gasteiger partial charge >= 0.3 is 0 Å². The molecule has 2 fully saturated rings. The van der Waals surface area contributed by atoms with E-state index < -0.39 is 20.7 Å². The van der Waals surface area contributed by atoms with E-state index in [1.54, 1.807) is 0 Å². The van der Waals surface area contributed by atoms with Gasteiger partial charge in [-0.2, -0.15) is 0 Å². The first-order valence-electron chi connectivity index (χ1n) is 7.08. The van der Waals surface area contributed by atoms with Crippen LogP contribution in [-0.4, -0.2) is 32.8 Å². The number of nitrogens with one attached hydrogen (secondary N) is 1. The van der Waals surface area contributed by atoms with E-state index in [1.165, 1.54) is 0 Å². The Labute approximate surface area is 115 Å². The van der Waals surface area contributed by atoms with Crippen LogP contribution in [-0.2, 0) is 19.6 Å². The normalized spacial score (nSPS) is 27.7. The van der Waals surface area contributed by atoms with Crippen LogP contribution in [0.5, 0.6) is 0 Å². The van der Waals surface area contributed by atoms with Crippen LogP contribution >= 0.6 is 0 Å². The van der Waals surface area contributed by atoms with Crippen molar-refractivity contribution in [2.75, 3.05) is 13.2 Å². The van der Waals surface area contributed by atoms with Crippen LogP contribution in [0.2, 0.25) is 0 Å². The largest absolute Gasteiger partial charge is 0.380 e. The third kappa shape index (κ3) is 3.48. The third-order valence-electron chi connectivity index (χ3n) is 4.30. The molecule has 5 nitrogen and oxygen atoms in total. The molecule has 1 N–H and O–H groups in total. The van der Waals surface area contributed by atoms with Crippen molar-refractivity contribution in [3.8, 4) is 0 Å². The molecule has 1 atom stereocenters. The molecular formula is C13H23NO4S. The van der Waals surface area contributed by atoms with Crippen molar-refractivity contribution in [2.45, 2.75) is 57.1 Å². The fourth-order valence-electron chi connectivity index (χ4n) is 2.85. The van der Waals surface area contributed by atoms with Gasteiger partial charge in [-0.3, -0.25) is 9.52 Å². The predicted molar refractivity (Wildman–Crippen MR) is 72.1 cm³/mol. The Hall–Kier alpha value is -0.620. The molecule has 2 rings (SSSR count). The maximum absolute atomic E-state index is 12.2. The first kappa shape index (κ1) is 14.8. The molecule has 1 saturated heterocycles. The number of sulfonamides is 1. The van der Waals surface area contributed by atoms with E-state index in [4.69, 9.17) is 4.74 Å². The van der Waals surface area contributed by atoms with Gasteiger partial charge in [-0.25, -0.2) is 8.42 Å². The lowest BCUT2D eigenvalue weighted by molar-refractivity contribution is -0.129. The number of rotatable bonds is 3. The summed E-state index contributed by atoms with van der Waals surface area (Å²) in [7, 11) is -3.59. The molecule has 1 unspecified atom stereocenters. The van der Waals surface area contributed by atoms with E-state index in [1.807, 2.05) is 6.92 Å². The minimum Gasteiger partial charge on any atom is -0.380 e. The highest BCUT2D eigenvalue weighted by molar-refractivity contribution is 7.90. The molecule has 1 aliphatic heterocycles. The molecule has 0 bridgehead atoms. The molecule has 0 aromatic carbocycles. The molecule has 1 heterocycles. The summed E-state index contributed by atoms with van der Waals surface area (Å²) in [4.78, 5) is 12.2. The zero-order chi connectivity index (χ0) is 13.9. The van der Waals surface area contributed by atoms with Crippen LogP contribution in [0.15, 0.2) is 0 Å². The van der Waals surface area contributed by atoms with Crippen molar-refractivity contribution in [2.24, 2.45) is 5.41 Å². The molecular weight excluding hydrogens is 266 g/mol. The summed E-state index contributed by atoms with van der Waals surface area (Å²) in [5.74, 6) is -0.335. The van der Waals surface area contributed by atoms with Crippen LogP contribution in [0.1, 0.15) is 51.9 Å². The lowest BCUT2D eigenvalue weighted by Gasteiger charge is -2.32. The zero-order valence-electron chi connectivity index (χ0n) is 11.5. The van der Waals surface area contributed by atoms with Gasteiger partial charge in [-0.05, 0) is 25.7 Å². The van der Waals surface area contributed by atoms with Gasteiger partial charge in [-0.1, -0.05) is 26.2 Å². The predicted octanol–water partition coefficient (Wildman–Crippen LogP) is 1.58. The summed E-state index contributed by atoms with van der Waals surface area (Å²) < 4.78 is 31.8. The molecule has 110 valence electrons. The van der Waals surface area contributed by atoms with Gasteiger partial charge in [0.25, 0.3) is 0 Å². The number of carbonyl (C=O) groups is 1. The number of hydrogen-bond donors (Lipinski definition) is 1. The average molecular weight is 289 g/mol. The molecule has 1 aliphatic carbocycles. The highest BCUT2D eigenvalue weighted by Crippen LogP contribution is 2.36. The fourth-order valence-corrected chi connectivity index (χ4v) is 4.27. The fraction of sp³-hybridized carbons (Fsp3) is 0.923. The summed E-state index contributed by atoms with van der Waals surface area (Å²) in [5, 5.41) is -0.586. The molecule has 19 heavy (non-hydrogen) atoms. The molecule has 0 aromatic rings.